The van der Waals surface area contributed by atoms with Crippen LogP contribution in [0.3, 0.4) is 0 Å². The number of nitrogens with zero attached hydrogens (tertiary/aromatic N) is 1. The van der Waals surface area contributed by atoms with Crippen molar-refractivity contribution in [3.8, 4) is 17.2 Å². The van der Waals surface area contributed by atoms with Gasteiger partial charge in [0.05, 0.1) is 0 Å². The van der Waals surface area contributed by atoms with Crippen molar-refractivity contribution in [2.24, 2.45) is 0 Å². The first-order chi connectivity index (χ1) is 11.5. The molecular weight excluding hydrogens is 319 g/mol. The van der Waals surface area contributed by atoms with E-state index < -0.39 is 12.8 Å². The molecule has 1 aliphatic heterocycles. The van der Waals surface area contributed by atoms with Gasteiger partial charge in [-0.25, -0.2) is 0 Å². The average molecular weight is 337 g/mol. The lowest BCUT2D eigenvalue weighted by Gasteiger charge is -2.20. The number of para-hydroxylation sites is 1. The van der Waals surface area contributed by atoms with Gasteiger partial charge < -0.3 is 14.4 Å². The largest absolute Gasteiger partial charge is 0.484 e. The minimum atomic E-state index is -4.37. The molecule has 0 N–H and O–H groups in total. The molecule has 1 aliphatic rings. The molecule has 0 aromatic heterocycles. The van der Waals surface area contributed by atoms with Crippen molar-refractivity contribution in [2.75, 3.05) is 24.6 Å². The van der Waals surface area contributed by atoms with Crippen LogP contribution >= 0.6 is 0 Å². The second-order valence-electron chi connectivity index (χ2n) is 5.68. The first-order valence-electron chi connectivity index (χ1n) is 7.82. The second kappa shape index (κ2) is 7.03. The van der Waals surface area contributed by atoms with E-state index in [0.717, 1.165) is 31.6 Å². The first-order valence-corrected chi connectivity index (χ1v) is 7.82. The van der Waals surface area contributed by atoms with Crippen LogP contribution in [-0.4, -0.2) is 25.9 Å². The molecule has 1 saturated heterocycles. The molecular formula is C18H18F3NO2. The number of benzene rings is 2. The summed E-state index contributed by atoms with van der Waals surface area (Å²) in [5.41, 5.74) is 0.818. The standard InChI is InChI=1S/C18H18F3NO2/c19-18(20,21)13-23-16-10-14(22-8-4-5-9-22)11-17(12-16)24-15-6-2-1-3-7-15/h1-3,6-7,10-12H,4-5,8-9,13H2. The third kappa shape index (κ3) is 4.57. The molecule has 0 saturated carbocycles. The fourth-order valence-electron chi connectivity index (χ4n) is 2.65. The molecule has 0 amide bonds. The summed E-state index contributed by atoms with van der Waals surface area (Å²) in [7, 11) is 0. The van der Waals surface area contributed by atoms with Crippen LogP contribution in [0.4, 0.5) is 18.9 Å². The van der Waals surface area contributed by atoms with Crippen LogP contribution in [0, 0.1) is 0 Å². The third-order valence-corrected chi connectivity index (χ3v) is 3.72. The van der Waals surface area contributed by atoms with Gasteiger partial charge in [0.25, 0.3) is 0 Å². The van der Waals surface area contributed by atoms with Crippen LogP contribution in [0.15, 0.2) is 48.5 Å². The van der Waals surface area contributed by atoms with Crippen molar-refractivity contribution < 1.29 is 22.6 Å². The third-order valence-electron chi connectivity index (χ3n) is 3.72. The van der Waals surface area contributed by atoms with E-state index in [2.05, 4.69) is 4.90 Å². The summed E-state index contributed by atoms with van der Waals surface area (Å²) < 4.78 is 48.0. The maximum atomic E-state index is 12.4. The number of anilines is 1. The molecule has 128 valence electrons. The molecule has 0 spiro atoms. The van der Waals surface area contributed by atoms with Gasteiger partial charge in [-0.05, 0) is 25.0 Å². The molecule has 24 heavy (non-hydrogen) atoms. The molecule has 0 bridgehead atoms. The highest BCUT2D eigenvalue weighted by atomic mass is 19.4. The number of halogens is 3. The van der Waals surface area contributed by atoms with Crippen LogP contribution in [0.1, 0.15) is 12.8 Å². The molecule has 1 heterocycles. The summed E-state index contributed by atoms with van der Waals surface area (Å²) in [6, 6.07) is 14.1. The topological polar surface area (TPSA) is 21.7 Å². The van der Waals surface area contributed by atoms with E-state index in [4.69, 9.17) is 9.47 Å². The summed E-state index contributed by atoms with van der Waals surface area (Å²) in [5, 5.41) is 0. The van der Waals surface area contributed by atoms with E-state index >= 15 is 0 Å². The first kappa shape index (κ1) is 16.5. The maximum absolute atomic E-state index is 12.4. The summed E-state index contributed by atoms with van der Waals surface area (Å²) in [4.78, 5) is 2.12. The Balaban J connectivity index is 1.84. The van der Waals surface area contributed by atoms with Crippen LogP contribution in [-0.2, 0) is 0 Å². The quantitative estimate of drug-likeness (QED) is 0.765. The highest BCUT2D eigenvalue weighted by molar-refractivity contribution is 5.56. The molecule has 0 radical (unpaired) electrons. The Labute approximate surface area is 138 Å². The van der Waals surface area contributed by atoms with Crippen molar-refractivity contribution in [3.63, 3.8) is 0 Å². The lowest BCUT2D eigenvalue weighted by atomic mass is 10.2. The average Bonchev–Trinajstić information content (AvgIpc) is 3.08. The van der Waals surface area contributed by atoms with E-state index in [1.54, 1.807) is 18.2 Å². The van der Waals surface area contributed by atoms with E-state index in [9.17, 15) is 13.2 Å². The van der Waals surface area contributed by atoms with E-state index in [0.29, 0.717) is 11.5 Å². The van der Waals surface area contributed by atoms with Crippen molar-refractivity contribution >= 4 is 5.69 Å². The van der Waals surface area contributed by atoms with Crippen LogP contribution in [0.25, 0.3) is 0 Å². The van der Waals surface area contributed by atoms with Gasteiger partial charge in [0.2, 0.25) is 0 Å². The summed E-state index contributed by atoms with van der Waals surface area (Å²) >= 11 is 0. The monoisotopic (exact) mass is 337 g/mol. The Morgan fingerprint density at radius 1 is 0.875 bits per heavy atom. The summed E-state index contributed by atoms with van der Waals surface area (Å²) in [6.45, 7) is 0.447. The minimum absolute atomic E-state index is 0.155. The Kier molecular flexibility index (Phi) is 4.83. The molecule has 0 unspecified atom stereocenters. The van der Waals surface area contributed by atoms with Gasteiger partial charge in [-0.1, -0.05) is 18.2 Å². The lowest BCUT2D eigenvalue weighted by Crippen LogP contribution is -2.20. The minimum Gasteiger partial charge on any atom is -0.484 e. The molecule has 0 aliphatic carbocycles. The Hall–Kier alpha value is -2.37. The molecule has 3 nitrogen and oxygen atoms in total. The molecule has 2 aromatic carbocycles. The Bertz CT molecular complexity index is 668. The SMILES string of the molecule is FC(F)(F)COc1cc(Oc2ccccc2)cc(N2CCCC2)c1. The summed E-state index contributed by atoms with van der Waals surface area (Å²) in [5.74, 6) is 1.24. The normalized spacial score (nSPS) is 14.7. The maximum Gasteiger partial charge on any atom is 0.422 e. The molecule has 6 heteroatoms. The van der Waals surface area contributed by atoms with Crippen molar-refractivity contribution in [1.29, 1.82) is 0 Å². The highest BCUT2D eigenvalue weighted by Crippen LogP contribution is 2.33. The number of alkyl halides is 3. The van der Waals surface area contributed by atoms with E-state index in [1.165, 1.54) is 6.07 Å². The fraction of sp³-hybridized carbons (Fsp3) is 0.333. The highest BCUT2D eigenvalue weighted by Gasteiger charge is 2.28. The van der Waals surface area contributed by atoms with Crippen LogP contribution in [0.2, 0.25) is 0 Å². The zero-order valence-electron chi connectivity index (χ0n) is 13.1. The number of hydrogen-bond donors (Lipinski definition) is 0. The lowest BCUT2D eigenvalue weighted by molar-refractivity contribution is -0.153. The predicted octanol–water partition coefficient (Wildman–Crippen LogP) is 5.02. The second-order valence-corrected chi connectivity index (χ2v) is 5.68. The van der Waals surface area contributed by atoms with Gasteiger partial charge in [-0.2, -0.15) is 13.2 Å². The number of rotatable bonds is 5. The molecule has 2 aromatic rings. The van der Waals surface area contributed by atoms with Crippen LogP contribution < -0.4 is 14.4 Å². The summed E-state index contributed by atoms with van der Waals surface area (Å²) in [6.07, 6.45) is -2.23. The van der Waals surface area contributed by atoms with Gasteiger partial charge >= 0.3 is 6.18 Å². The van der Waals surface area contributed by atoms with Gasteiger partial charge in [-0.3, -0.25) is 0 Å². The zero-order chi connectivity index (χ0) is 17.0. The molecule has 3 rings (SSSR count). The van der Waals surface area contributed by atoms with E-state index in [1.807, 2.05) is 24.3 Å². The van der Waals surface area contributed by atoms with Crippen molar-refractivity contribution in [3.05, 3.63) is 48.5 Å². The predicted molar refractivity (Wildman–Crippen MR) is 86.0 cm³/mol. The van der Waals surface area contributed by atoms with Gasteiger partial charge in [0.15, 0.2) is 6.61 Å². The smallest absolute Gasteiger partial charge is 0.422 e. The molecule has 0 atom stereocenters. The fourth-order valence-corrected chi connectivity index (χ4v) is 2.65. The number of hydrogen-bond acceptors (Lipinski definition) is 3. The molecule has 1 fully saturated rings. The Morgan fingerprint density at radius 3 is 2.21 bits per heavy atom. The Morgan fingerprint density at radius 2 is 1.54 bits per heavy atom. The van der Waals surface area contributed by atoms with Crippen LogP contribution in [0.5, 0.6) is 17.2 Å². The van der Waals surface area contributed by atoms with E-state index in [-0.39, 0.29) is 5.75 Å². The van der Waals surface area contributed by atoms with Crippen molar-refractivity contribution in [1.82, 2.24) is 0 Å². The van der Waals surface area contributed by atoms with Crippen molar-refractivity contribution in [2.45, 2.75) is 19.0 Å². The zero-order valence-corrected chi connectivity index (χ0v) is 13.1. The number of ether oxygens (including phenoxy) is 2. The van der Waals surface area contributed by atoms with Gasteiger partial charge in [-0.15, -0.1) is 0 Å². The van der Waals surface area contributed by atoms with Gasteiger partial charge in [0, 0.05) is 37.0 Å². The van der Waals surface area contributed by atoms with Gasteiger partial charge in [0.1, 0.15) is 17.2 Å².